The maximum Gasteiger partial charge on any atom is 0.230 e. The third-order valence-electron chi connectivity index (χ3n) is 4.63. The first-order chi connectivity index (χ1) is 10.2. The van der Waals surface area contributed by atoms with Gasteiger partial charge in [-0.3, -0.25) is 4.79 Å². The molecule has 0 bridgehead atoms. The maximum atomic E-state index is 12.9. The number of likely N-dealkylation sites (tertiary alicyclic amines) is 1. The van der Waals surface area contributed by atoms with Gasteiger partial charge in [0.2, 0.25) is 11.9 Å². The lowest BCUT2D eigenvalue weighted by Gasteiger charge is -2.31. The zero-order valence-electron chi connectivity index (χ0n) is 12.2. The number of anilines is 1. The molecule has 1 aromatic heterocycles. The largest absolute Gasteiger partial charge is 0.396 e. The lowest BCUT2D eigenvalue weighted by molar-refractivity contribution is -0.140. The average molecular weight is 290 g/mol. The summed E-state index contributed by atoms with van der Waals surface area (Å²) in [5, 5.41) is 9.42. The van der Waals surface area contributed by atoms with Crippen molar-refractivity contribution in [3.05, 3.63) is 18.5 Å². The summed E-state index contributed by atoms with van der Waals surface area (Å²) in [6, 6.07) is 1.79. The second-order valence-electron chi connectivity index (χ2n) is 5.97. The molecule has 2 saturated heterocycles. The van der Waals surface area contributed by atoms with E-state index in [0.29, 0.717) is 18.9 Å². The first-order valence-corrected chi connectivity index (χ1v) is 7.67. The summed E-state index contributed by atoms with van der Waals surface area (Å²) in [6.07, 6.45) is 6.90. The Kier molecular flexibility index (Phi) is 4.05. The SMILES string of the molecule is O=C(N1CCCC1)C1(CCO)CCN(c2ncccn2)C1. The van der Waals surface area contributed by atoms with E-state index in [1.165, 1.54) is 0 Å². The molecule has 3 heterocycles. The minimum absolute atomic E-state index is 0.0447. The van der Waals surface area contributed by atoms with Gasteiger partial charge < -0.3 is 14.9 Å². The Bertz CT molecular complexity index is 490. The lowest BCUT2D eigenvalue weighted by atomic mass is 9.82. The average Bonchev–Trinajstić information content (AvgIpc) is 3.18. The van der Waals surface area contributed by atoms with Gasteiger partial charge in [-0.05, 0) is 31.7 Å². The number of aliphatic hydroxyl groups excluding tert-OH is 1. The molecule has 6 nitrogen and oxygen atoms in total. The zero-order valence-corrected chi connectivity index (χ0v) is 12.2. The van der Waals surface area contributed by atoms with E-state index in [4.69, 9.17) is 0 Å². The molecule has 0 aliphatic carbocycles. The van der Waals surface area contributed by atoms with Crippen molar-refractivity contribution in [1.82, 2.24) is 14.9 Å². The summed E-state index contributed by atoms with van der Waals surface area (Å²) in [4.78, 5) is 25.4. The lowest BCUT2D eigenvalue weighted by Crippen LogP contribution is -2.45. The van der Waals surface area contributed by atoms with Gasteiger partial charge in [0.1, 0.15) is 0 Å². The molecule has 21 heavy (non-hydrogen) atoms. The normalized spacial score (nSPS) is 25.6. The molecule has 114 valence electrons. The minimum Gasteiger partial charge on any atom is -0.396 e. The van der Waals surface area contributed by atoms with Crippen LogP contribution in [0.4, 0.5) is 5.95 Å². The zero-order chi connectivity index (χ0) is 14.7. The van der Waals surface area contributed by atoms with Gasteiger partial charge in [-0.15, -0.1) is 0 Å². The molecule has 0 aromatic carbocycles. The molecule has 2 aliphatic rings. The van der Waals surface area contributed by atoms with Gasteiger partial charge in [-0.2, -0.15) is 0 Å². The molecule has 2 fully saturated rings. The van der Waals surface area contributed by atoms with E-state index in [1.807, 2.05) is 4.90 Å². The van der Waals surface area contributed by atoms with Crippen LogP contribution >= 0.6 is 0 Å². The Morgan fingerprint density at radius 3 is 2.62 bits per heavy atom. The van der Waals surface area contributed by atoms with E-state index < -0.39 is 5.41 Å². The van der Waals surface area contributed by atoms with Gasteiger partial charge in [0.15, 0.2) is 0 Å². The highest BCUT2D eigenvalue weighted by molar-refractivity contribution is 5.84. The van der Waals surface area contributed by atoms with Gasteiger partial charge in [0, 0.05) is 45.2 Å². The van der Waals surface area contributed by atoms with Crippen LogP contribution in [0.3, 0.4) is 0 Å². The minimum atomic E-state index is -0.474. The van der Waals surface area contributed by atoms with Gasteiger partial charge in [-0.25, -0.2) is 9.97 Å². The van der Waals surface area contributed by atoms with E-state index in [0.717, 1.165) is 38.9 Å². The molecular weight excluding hydrogens is 268 g/mol. The van der Waals surface area contributed by atoms with Crippen LogP contribution in [-0.2, 0) is 4.79 Å². The number of rotatable bonds is 4. The van der Waals surface area contributed by atoms with E-state index in [2.05, 4.69) is 14.9 Å². The number of amides is 1. The van der Waals surface area contributed by atoms with Crippen LogP contribution in [-0.4, -0.2) is 58.7 Å². The number of aromatic nitrogens is 2. The summed E-state index contributed by atoms with van der Waals surface area (Å²) in [5.41, 5.74) is -0.474. The maximum absolute atomic E-state index is 12.9. The fraction of sp³-hybridized carbons (Fsp3) is 0.667. The van der Waals surface area contributed by atoms with Crippen LogP contribution < -0.4 is 4.90 Å². The number of carbonyl (C=O) groups is 1. The number of carbonyl (C=O) groups excluding carboxylic acids is 1. The van der Waals surface area contributed by atoms with Crippen molar-refractivity contribution in [2.45, 2.75) is 25.7 Å². The molecule has 1 amide bonds. The van der Waals surface area contributed by atoms with Crippen LogP contribution in [0.15, 0.2) is 18.5 Å². The Morgan fingerprint density at radius 1 is 1.24 bits per heavy atom. The first kappa shape index (κ1) is 14.3. The molecule has 1 aromatic rings. The molecule has 2 aliphatic heterocycles. The molecular formula is C15H22N4O2. The smallest absolute Gasteiger partial charge is 0.230 e. The highest BCUT2D eigenvalue weighted by Gasteiger charge is 2.47. The second-order valence-corrected chi connectivity index (χ2v) is 5.97. The van der Waals surface area contributed by atoms with Crippen molar-refractivity contribution in [3.63, 3.8) is 0 Å². The fourth-order valence-electron chi connectivity index (χ4n) is 3.45. The summed E-state index contributed by atoms with van der Waals surface area (Å²) in [5.74, 6) is 0.874. The Labute approximate surface area is 124 Å². The van der Waals surface area contributed by atoms with Crippen molar-refractivity contribution in [3.8, 4) is 0 Å². The topological polar surface area (TPSA) is 69.6 Å². The number of nitrogens with zero attached hydrogens (tertiary/aromatic N) is 4. The van der Waals surface area contributed by atoms with Crippen molar-refractivity contribution < 1.29 is 9.90 Å². The summed E-state index contributed by atoms with van der Waals surface area (Å²) in [7, 11) is 0. The van der Waals surface area contributed by atoms with Crippen molar-refractivity contribution in [2.24, 2.45) is 5.41 Å². The Morgan fingerprint density at radius 2 is 1.95 bits per heavy atom. The van der Waals surface area contributed by atoms with Crippen molar-refractivity contribution in [2.75, 3.05) is 37.7 Å². The van der Waals surface area contributed by atoms with Gasteiger partial charge >= 0.3 is 0 Å². The van der Waals surface area contributed by atoms with Crippen LogP contribution in [0.5, 0.6) is 0 Å². The standard InChI is InChI=1S/C15H22N4O2/c20-11-5-15(13(21)18-8-1-2-9-18)4-10-19(12-15)14-16-6-3-7-17-14/h3,6-7,20H,1-2,4-5,8-12H2. The quantitative estimate of drug-likeness (QED) is 0.883. The predicted molar refractivity (Wildman–Crippen MR) is 78.8 cm³/mol. The van der Waals surface area contributed by atoms with Crippen LogP contribution in [0.25, 0.3) is 0 Å². The van der Waals surface area contributed by atoms with Crippen LogP contribution in [0.2, 0.25) is 0 Å². The first-order valence-electron chi connectivity index (χ1n) is 7.67. The summed E-state index contributed by atoms with van der Waals surface area (Å²) in [6.45, 7) is 3.13. The van der Waals surface area contributed by atoms with Gasteiger partial charge in [0.05, 0.1) is 5.41 Å². The second kappa shape index (κ2) is 5.97. The number of aliphatic hydroxyl groups is 1. The molecule has 1 unspecified atom stereocenters. The number of hydrogen-bond donors (Lipinski definition) is 1. The summed E-state index contributed by atoms with van der Waals surface area (Å²) < 4.78 is 0. The molecule has 0 saturated carbocycles. The molecule has 1 atom stereocenters. The van der Waals surface area contributed by atoms with Crippen LogP contribution in [0.1, 0.15) is 25.7 Å². The van der Waals surface area contributed by atoms with Gasteiger partial charge in [0.25, 0.3) is 0 Å². The molecule has 0 spiro atoms. The van der Waals surface area contributed by atoms with Crippen molar-refractivity contribution >= 4 is 11.9 Å². The fourth-order valence-corrected chi connectivity index (χ4v) is 3.45. The highest BCUT2D eigenvalue weighted by Crippen LogP contribution is 2.37. The highest BCUT2D eigenvalue weighted by atomic mass is 16.3. The predicted octanol–water partition coefficient (Wildman–Crippen LogP) is 0.678. The van der Waals surface area contributed by atoms with E-state index >= 15 is 0 Å². The van der Waals surface area contributed by atoms with Crippen LogP contribution in [0, 0.1) is 5.41 Å². The molecule has 3 rings (SSSR count). The Balaban J connectivity index is 1.78. The third kappa shape index (κ3) is 2.72. The summed E-state index contributed by atoms with van der Waals surface area (Å²) >= 11 is 0. The van der Waals surface area contributed by atoms with E-state index in [-0.39, 0.29) is 12.5 Å². The van der Waals surface area contributed by atoms with E-state index in [1.54, 1.807) is 18.5 Å². The monoisotopic (exact) mass is 290 g/mol. The molecule has 0 radical (unpaired) electrons. The number of hydrogen-bond acceptors (Lipinski definition) is 5. The third-order valence-corrected chi connectivity index (χ3v) is 4.63. The Hall–Kier alpha value is -1.69. The van der Waals surface area contributed by atoms with E-state index in [9.17, 15) is 9.90 Å². The molecule has 6 heteroatoms. The van der Waals surface area contributed by atoms with Crippen molar-refractivity contribution in [1.29, 1.82) is 0 Å². The molecule has 1 N–H and O–H groups in total. The van der Waals surface area contributed by atoms with Gasteiger partial charge in [-0.1, -0.05) is 0 Å².